The van der Waals surface area contributed by atoms with Crippen molar-refractivity contribution in [3.63, 3.8) is 0 Å². The standard InChI is InChI=1S/C9H19N3OS/c1-11(8-9(10)14)2-3-12-4-6-13-7-5-12/h2-8H2,1H3,(H2,10,14). The van der Waals surface area contributed by atoms with Crippen molar-refractivity contribution in [2.45, 2.75) is 0 Å². The molecule has 0 aromatic rings. The van der Waals surface area contributed by atoms with Gasteiger partial charge in [0, 0.05) is 32.7 Å². The summed E-state index contributed by atoms with van der Waals surface area (Å²) in [4.78, 5) is 5.12. The summed E-state index contributed by atoms with van der Waals surface area (Å²) in [5, 5.41) is 0. The predicted octanol–water partition coefficient (Wildman–Crippen LogP) is -0.463. The largest absolute Gasteiger partial charge is 0.392 e. The molecule has 1 aliphatic heterocycles. The summed E-state index contributed by atoms with van der Waals surface area (Å²) < 4.78 is 5.28. The van der Waals surface area contributed by atoms with Crippen molar-refractivity contribution in [2.24, 2.45) is 5.73 Å². The number of nitrogens with two attached hydrogens (primary N) is 1. The summed E-state index contributed by atoms with van der Waals surface area (Å²) in [7, 11) is 2.04. The highest BCUT2D eigenvalue weighted by Gasteiger charge is 2.10. The fourth-order valence-electron chi connectivity index (χ4n) is 1.48. The summed E-state index contributed by atoms with van der Waals surface area (Å²) in [5.41, 5.74) is 5.46. The van der Waals surface area contributed by atoms with Crippen molar-refractivity contribution in [1.29, 1.82) is 0 Å². The molecular formula is C9H19N3OS. The summed E-state index contributed by atoms with van der Waals surface area (Å²) in [5.74, 6) is 0. The minimum Gasteiger partial charge on any atom is -0.392 e. The van der Waals surface area contributed by atoms with E-state index in [1.54, 1.807) is 0 Å². The second kappa shape index (κ2) is 6.29. The first kappa shape index (κ1) is 11.8. The zero-order valence-corrected chi connectivity index (χ0v) is 9.55. The van der Waals surface area contributed by atoms with Crippen molar-refractivity contribution in [3.05, 3.63) is 0 Å². The SMILES string of the molecule is CN(CCN1CCOCC1)CC(N)=S. The smallest absolute Gasteiger partial charge is 0.0869 e. The number of morpholine rings is 1. The van der Waals surface area contributed by atoms with E-state index in [1.807, 2.05) is 7.05 Å². The van der Waals surface area contributed by atoms with Crippen LogP contribution in [0.25, 0.3) is 0 Å². The van der Waals surface area contributed by atoms with Crippen molar-refractivity contribution in [1.82, 2.24) is 9.80 Å². The molecule has 14 heavy (non-hydrogen) atoms. The van der Waals surface area contributed by atoms with Crippen LogP contribution in [0.2, 0.25) is 0 Å². The summed E-state index contributed by atoms with van der Waals surface area (Å²) in [6, 6.07) is 0. The van der Waals surface area contributed by atoms with Gasteiger partial charge in [0.05, 0.1) is 18.2 Å². The third-order valence-corrected chi connectivity index (χ3v) is 2.46. The fourth-order valence-corrected chi connectivity index (χ4v) is 1.70. The number of ether oxygens (including phenoxy) is 1. The molecule has 0 amide bonds. The van der Waals surface area contributed by atoms with Crippen LogP contribution in [0.4, 0.5) is 0 Å². The zero-order chi connectivity index (χ0) is 10.4. The quantitative estimate of drug-likeness (QED) is 0.631. The molecule has 1 fully saturated rings. The van der Waals surface area contributed by atoms with Crippen LogP contribution in [0.3, 0.4) is 0 Å². The van der Waals surface area contributed by atoms with Gasteiger partial charge in [0.25, 0.3) is 0 Å². The van der Waals surface area contributed by atoms with Gasteiger partial charge in [0.1, 0.15) is 0 Å². The molecule has 1 aliphatic rings. The van der Waals surface area contributed by atoms with Gasteiger partial charge in [-0.25, -0.2) is 0 Å². The molecule has 1 rings (SSSR count). The van der Waals surface area contributed by atoms with Crippen LogP contribution >= 0.6 is 12.2 Å². The highest BCUT2D eigenvalue weighted by atomic mass is 32.1. The maximum Gasteiger partial charge on any atom is 0.0869 e. The number of hydrogen-bond donors (Lipinski definition) is 1. The Morgan fingerprint density at radius 2 is 2.14 bits per heavy atom. The molecule has 0 radical (unpaired) electrons. The molecule has 0 bridgehead atoms. The number of nitrogens with zero attached hydrogens (tertiary/aromatic N) is 2. The monoisotopic (exact) mass is 217 g/mol. The van der Waals surface area contributed by atoms with E-state index in [1.165, 1.54) is 0 Å². The Labute approximate surface area is 91.0 Å². The molecule has 1 heterocycles. The molecule has 0 atom stereocenters. The average molecular weight is 217 g/mol. The Bertz CT molecular complexity index is 183. The van der Waals surface area contributed by atoms with Crippen molar-refractivity contribution in [3.8, 4) is 0 Å². The minimum absolute atomic E-state index is 0.564. The van der Waals surface area contributed by atoms with Gasteiger partial charge >= 0.3 is 0 Å². The molecule has 0 saturated carbocycles. The summed E-state index contributed by atoms with van der Waals surface area (Å²) in [6.45, 7) is 6.60. The first-order valence-corrected chi connectivity index (χ1v) is 5.36. The number of rotatable bonds is 5. The molecule has 2 N–H and O–H groups in total. The lowest BCUT2D eigenvalue weighted by atomic mass is 10.4. The van der Waals surface area contributed by atoms with Gasteiger partial charge in [-0.1, -0.05) is 12.2 Å². The van der Waals surface area contributed by atoms with E-state index < -0.39 is 0 Å². The topological polar surface area (TPSA) is 41.7 Å². The van der Waals surface area contributed by atoms with Gasteiger partial charge in [0.15, 0.2) is 0 Å². The van der Waals surface area contributed by atoms with Crippen molar-refractivity contribution < 1.29 is 4.74 Å². The van der Waals surface area contributed by atoms with E-state index in [-0.39, 0.29) is 0 Å². The lowest BCUT2D eigenvalue weighted by Crippen LogP contribution is -2.42. The van der Waals surface area contributed by atoms with Gasteiger partial charge in [-0.3, -0.25) is 9.80 Å². The molecule has 82 valence electrons. The number of thiocarbonyl (C=S) groups is 1. The Morgan fingerprint density at radius 3 is 2.71 bits per heavy atom. The summed E-state index contributed by atoms with van der Waals surface area (Å²) >= 11 is 4.84. The molecule has 4 nitrogen and oxygen atoms in total. The van der Waals surface area contributed by atoms with E-state index in [9.17, 15) is 0 Å². The lowest BCUT2D eigenvalue weighted by Gasteiger charge is -2.28. The highest BCUT2D eigenvalue weighted by molar-refractivity contribution is 7.80. The van der Waals surface area contributed by atoms with Gasteiger partial charge < -0.3 is 10.5 Å². The van der Waals surface area contributed by atoms with Crippen LogP contribution < -0.4 is 5.73 Å². The third kappa shape index (κ3) is 4.85. The van der Waals surface area contributed by atoms with E-state index >= 15 is 0 Å². The molecule has 0 aliphatic carbocycles. The molecule has 5 heteroatoms. The van der Waals surface area contributed by atoms with Crippen LogP contribution in [0, 0.1) is 0 Å². The number of likely N-dealkylation sites (N-methyl/N-ethyl adjacent to an activating group) is 1. The van der Waals surface area contributed by atoms with Gasteiger partial charge in [-0.05, 0) is 7.05 Å². The Kier molecular flexibility index (Phi) is 5.32. The van der Waals surface area contributed by atoms with Crippen molar-refractivity contribution >= 4 is 17.2 Å². The zero-order valence-electron chi connectivity index (χ0n) is 8.74. The number of hydrogen-bond acceptors (Lipinski definition) is 4. The molecule has 0 aromatic carbocycles. The molecule has 0 aromatic heterocycles. The van der Waals surface area contributed by atoms with Crippen LogP contribution in [0.5, 0.6) is 0 Å². The van der Waals surface area contributed by atoms with Crippen LogP contribution in [-0.4, -0.2) is 67.8 Å². The third-order valence-electron chi connectivity index (χ3n) is 2.33. The minimum atomic E-state index is 0.564. The second-order valence-electron chi connectivity index (χ2n) is 3.66. The maximum atomic E-state index is 5.46. The molecular weight excluding hydrogens is 198 g/mol. The van der Waals surface area contributed by atoms with E-state index in [2.05, 4.69) is 9.80 Å². The van der Waals surface area contributed by atoms with Gasteiger partial charge in [0.2, 0.25) is 0 Å². The highest BCUT2D eigenvalue weighted by Crippen LogP contribution is 1.96. The van der Waals surface area contributed by atoms with Gasteiger partial charge in [-0.2, -0.15) is 0 Å². The predicted molar refractivity (Wildman–Crippen MR) is 61.5 cm³/mol. The molecule has 0 spiro atoms. The molecule has 0 unspecified atom stereocenters. The first-order chi connectivity index (χ1) is 6.68. The second-order valence-corrected chi connectivity index (χ2v) is 4.18. The Hall–Kier alpha value is -0.230. The van der Waals surface area contributed by atoms with Crippen molar-refractivity contribution in [2.75, 3.05) is 53.0 Å². The maximum absolute atomic E-state index is 5.46. The Balaban J connectivity index is 2.09. The van der Waals surface area contributed by atoms with E-state index in [0.29, 0.717) is 11.5 Å². The molecule has 1 saturated heterocycles. The lowest BCUT2D eigenvalue weighted by molar-refractivity contribution is 0.0350. The first-order valence-electron chi connectivity index (χ1n) is 4.95. The van der Waals surface area contributed by atoms with Crippen LogP contribution in [0.15, 0.2) is 0 Å². The normalized spacial score (nSPS) is 18.7. The van der Waals surface area contributed by atoms with Crippen LogP contribution in [0.1, 0.15) is 0 Å². The van der Waals surface area contributed by atoms with E-state index in [0.717, 1.165) is 39.4 Å². The van der Waals surface area contributed by atoms with E-state index in [4.69, 9.17) is 22.7 Å². The summed E-state index contributed by atoms with van der Waals surface area (Å²) in [6.07, 6.45) is 0. The fraction of sp³-hybridized carbons (Fsp3) is 0.889. The van der Waals surface area contributed by atoms with Gasteiger partial charge in [-0.15, -0.1) is 0 Å². The van der Waals surface area contributed by atoms with Crippen LogP contribution in [-0.2, 0) is 4.74 Å². The Morgan fingerprint density at radius 1 is 1.50 bits per heavy atom. The average Bonchev–Trinajstić information content (AvgIpc) is 2.15.